The van der Waals surface area contributed by atoms with Gasteiger partial charge < -0.3 is 9.64 Å². The Hall–Kier alpha value is -1.03. The average molecular weight is 284 g/mol. The summed E-state index contributed by atoms with van der Waals surface area (Å²) in [5.74, 6) is 0.846. The number of aryl methyl sites for hydroxylation is 1. The van der Waals surface area contributed by atoms with E-state index in [0.29, 0.717) is 0 Å². The normalized spacial score (nSPS) is 14.6. The van der Waals surface area contributed by atoms with Crippen LogP contribution in [0.2, 0.25) is 0 Å². The fraction of sp³-hybridized carbons (Fsp3) is 0.417. The third-order valence-electron chi connectivity index (χ3n) is 2.57. The van der Waals surface area contributed by atoms with Gasteiger partial charge in [-0.15, -0.1) is 0 Å². The van der Waals surface area contributed by atoms with Gasteiger partial charge in [0.2, 0.25) is 0 Å². The molecular weight excluding hydrogens is 270 g/mol. The number of nitrogens with zero attached hydrogens (tertiary/aromatic N) is 1. The number of halogens is 1. The predicted octanol–water partition coefficient (Wildman–Crippen LogP) is 2.51. The molecule has 1 aromatic rings. The molecule has 0 fully saturated rings. The summed E-state index contributed by atoms with van der Waals surface area (Å²) in [5, 5.41) is 0.902. The van der Waals surface area contributed by atoms with Crippen LogP contribution in [0.15, 0.2) is 18.2 Å². The van der Waals surface area contributed by atoms with Gasteiger partial charge >= 0.3 is 0 Å². The van der Waals surface area contributed by atoms with Crippen LogP contribution in [0.5, 0.6) is 5.75 Å². The van der Waals surface area contributed by atoms with Crippen LogP contribution in [0.1, 0.15) is 12.0 Å². The van der Waals surface area contributed by atoms with Crippen LogP contribution in [0.25, 0.3) is 0 Å². The second-order valence-corrected chi connectivity index (χ2v) is 4.64. The maximum absolute atomic E-state index is 11.8. The van der Waals surface area contributed by atoms with Gasteiger partial charge in [0.15, 0.2) is 6.61 Å². The number of hydrogen-bond acceptors (Lipinski definition) is 2. The highest BCUT2D eigenvalue weighted by atomic mass is 79.9. The topological polar surface area (TPSA) is 29.5 Å². The lowest BCUT2D eigenvalue weighted by Gasteiger charge is -2.29. The van der Waals surface area contributed by atoms with E-state index in [1.54, 1.807) is 0 Å². The molecule has 4 heteroatoms. The molecule has 0 unspecified atom stereocenters. The molecule has 0 saturated heterocycles. The molecule has 0 spiro atoms. The van der Waals surface area contributed by atoms with E-state index in [2.05, 4.69) is 15.9 Å². The molecule has 1 heterocycles. The van der Waals surface area contributed by atoms with Gasteiger partial charge in [-0.3, -0.25) is 4.79 Å². The molecule has 1 aliphatic rings. The van der Waals surface area contributed by atoms with Gasteiger partial charge in [-0.25, -0.2) is 0 Å². The van der Waals surface area contributed by atoms with E-state index in [0.717, 1.165) is 35.3 Å². The zero-order valence-electron chi connectivity index (χ0n) is 9.20. The zero-order chi connectivity index (χ0) is 11.5. The third-order valence-corrected chi connectivity index (χ3v) is 3.13. The summed E-state index contributed by atoms with van der Waals surface area (Å²) in [6.45, 7) is 2.91. The number of ether oxygens (including phenoxy) is 1. The van der Waals surface area contributed by atoms with Crippen molar-refractivity contribution in [3.63, 3.8) is 0 Å². The molecule has 1 aromatic carbocycles. The van der Waals surface area contributed by atoms with E-state index < -0.39 is 0 Å². The Morgan fingerprint density at radius 3 is 3.06 bits per heavy atom. The number of carbonyl (C=O) groups is 1. The van der Waals surface area contributed by atoms with Crippen molar-refractivity contribution >= 4 is 27.5 Å². The highest BCUT2D eigenvalue weighted by Crippen LogP contribution is 2.32. The molecule has 1 amide bonds. The van der Waals surface area contributed by atoms with E-state index in [9.17, 15) is 4.79 Å². The maximum atomic E-state index is 11.8. The number of anilines is 1. The van der Waals surface area contributed by atoms with Crippen molar-refractivity contribution in [3.8, 4) is 5.75 Å². The van der Waals surface area contributed by atoms with Crippen molar-refractivity contribution < 1.29 is 9.53 Å². The van der Waals surface area contributed by atoms with Crippen molar-refractivity contribution in [2.24, 2.45) is 0 Å². The van der Waals surface area contributed by atoms with Gasteiger partial charge in [-0.2, -0.15) is 0 Å². The maximum Gasteiger partial charge on any atom is 0.265 e. The quantitative estimate of drug-likeness (QED) is 0.798. The van der Waals surface area contributed by atoms with Crippen molar-refractivity contribution in [2.75, 3.05) is 23.4 Å². The average Bonchev–Trinajstić information content (AvgIpc) is 2.28. The monoisotopic (exact) mass is 283 g/mol. The largest absolute Gasteiger partial charge is 0.482 e. The molecule has 0 bridgehead atoms. The Balaban J connectivity index is 2.31. The van der Waals surface area contributed by atoms with Crippen molar-refractivity contribution in [1.29, 1.82) is 0 Å². The molecule has 86 valence electrons. The van der Waals surface area contributed by atoms with Crippen LogP contribution in [0.4, 0.5) is 5.69 Å². The Morgan fingerprint density at radius 1 is 1.50 bits per heavy atom. The van der Waals surface area contributed by atoms with Crippen molar-refractivity contribution in [3.05, 3.63) is 23.8 Å². The van der Waals surface area contributed by atoms with Gasteiger partial charge in [0.25, 0.3) is 5.91 Å². The van der Waals surface area contributed by atoms with Crippen LogP contribution in [0, 0.1) is 6.92 Å². The molecule has 0 aromatic heterocycles. The fourth-order valence-electron chi connectivity index (χ4n) is 1.78. The minimum absolute atomic E-state index is 0.0408. The second kappa shape index (κ2) is 4.87. The SMILES string of the molecule is Cc1ccc2c(c1)N(CCCBr)C(=O)CO2. The van der Waals surface area contributed by atoms with Crippen molar-refractivity contribution in [2.45, 2.75) is 13.3 Å². The third kappa shape index (κ3) is 2.21. The molecule has 0 N–H and O–H groups in total. The van der Waals surface area contributed by atoms with Gasteiger partial charge in [-0.05, 0) is 31.0 Å². The summed E-state index contributed by atoms with van der Waals surface area (Å²) in [6.07, 6.45) is 0.944. The van der Waals surface area contributed by atoms with Crippen LogP contribution in [0.3, 0.4) is 0 Å². The summed E-state index contributed by atoms with van der Waals surface area (Å²) in [6, 6.07) is 5.93. The molecule has 3 nitrogen and oxygen atoms in total. The summed E-state index contributed by atoms with van der Waals surface area (Å²) in [4.78, 5) is 13.6. The number of amides is 1. The lowest BCUT2D eigenvalue weighted by Crippen LogP contribution is -2.39. The van der Waals surface area contributed by atoms with Gasteiger partial charge in [0.05, 0.1) is 5.69 Å². The number of fused-ring (bicyclic) bond motifs is 1. The number of hydrogen-bond donors (Lipinski definition) is 0. The minimum Gasteiger partial charge on any atom is -0.482 e. The molecule has 0 aliphatic carbocycles. The molecule has 1 aliphatic heterocycles. The lowest BCUT2D eigenvalue weighted by atomic mass is 10.1. The number of benzene rings is 1. The van der Waals surface area contributed by atoms with Gasteiger partial charge in [0, 0.05) is 11.9 Å². The van der Waals surface area contributed by atoms with Gasteiger partial charge in [0.1, 0.15) is 5.75 Å². The summed E-state index contributed by atoms with van der Waals surface area (Å²) < 4.78 is 5.40. The lowest BCUT2D eigenvalue weighted by molar-refractivity contribution is -0.121. The Kier molecular flexibility index (Phi) is 3.49. The summed E-state index contributed by atoms with van der Waals surface area (Å²) >= 11 is 3.38. The highest BCUT2D eigenvalue weighted by molar-refractivity contribution is 9.09. The standard InChI is InChI=1S/C12H14BrNO2/c1-9-3-4-11-10(7-9)14(6-2-5-13)12(15)8-16-11/h3-4,7H,2,5-6,8H2,1H3. The first-order valence-electron chi connectivity index (χ1n) is 5.32. The van der Waals surface area contributed by atoms with Crippen LogP contribution < -0.4 is 9.64 Å². The first kappa shape index (κ1) is 11.5. The number of rotatable bonds is 3. The zero-order valence-corrected chi connectivity index (χ0v) is 10.8. The van der Waals surface area contributed by atoms with Crippen LogP contribution in [-0.4, -0.2) is 24.4 Å². The summed E-state index contributed by atoms with van der Waals surface area (Å²) in [5.41, 5.74) is 2.04. The van der Waals surface area contributed by atoms with E-state index >= 15 is 0 Å². The Morgan fingerprint density at radius 2 is 2.31 bits per heavy atom. The van der Waals surface area contributed by atoms with E-state index in [1.807, 2.05) is 30.0 Å². The summed E-state index contributed by atoms with van der Waals surface area (Å²) in [7, 11) is 0. The smallest absolute Gasteiger partial charge is 0.265 e. The molecule has 2 rings (SSSR count). The highest BCUT2D eigenvalue weighted by Gasteiger charge is 2.24. The van der Waals surface area contributed by atoms with Crippen molar-refractivity contribution in [1.82, 2.24) is 0 Å². The Bertz CT molecular complexity index is 406. The first-order chi connectivity index (χ1) is 7.72. The molecular formula is C12H14BrNO2. The second-order valence-electron chi connectivity index (χ2n) is 3.85. The van der Waals surface area contributed by atoms with Crippen LogP contribution in [-0.2, 0) is 4.79 Å². The van der Waals surface area contributed by atoms with Gasteiger partial charge in [-0.1, -0.05) is 22.0 Å². The van der Waals surface area contributed by atoms with E-state index in [-0.39, 0.29) is 12.5 Å². The predicted molar refractivity (Wildman–Crippen MR) is 67.4 cm³/mol. The molecule has 0 radical (unpaired) electrons. The fourth-order valence-corrected chi connectivity index (χ4v) is 2.03. The molecule has 16 heavy (non-hydrogen) atoms. The number of carbonyl (C=O) groups excluding carboxylic acids is 1. The number of alkyl halides is 1. The molecule has 0 atom stereocenters. The molecule has 0 saturated carbocycles. The Labute approximate surface area is 104 Å². The van der Waals surface area contributed by atoms with E-state index in [4.69, 9.17) is 4.74 Å². The van der Waals surface area contributed by atoms with E-state index in [1.165, 1.54) is 0 Å². The van der Waals surface area contributed by atoms with Crippen LogP contribution >= 0.6 is 15.9 Å². The minimum atomic E-state index is 0.0408. The first-order valence-corrected chi connectivity index (χ1v) is 6.44.